The van der Waals surface area contributed by atoms with E-state index in [-0.39, 0.29) is 5.82 Å². The summed E-state index contributed by atoms with van der Waals surface area (Å²) in [6.45, 7) is 1.85. The molecule has 1 aromatic heterocycles. The van der Waals surface area contributed by atoms with Gasteiger partial charge in [-0.05, 0) is 18.6 Å². The number of rotatable bonds is 2. The van der Waals surface area contributed by atoms with Gasteiger partial charge in [0.15, 0.2) is 0 Å². The van der Waals surface area contributed by atoms with Gasteiger partial charge in [-0.3, -0.25) is 5.10 Å². The number of hydrogen-bond donors (Lipinski definition) is 2. The molecule has 0 aliphatic heterocycles. The van der Waals surface area contributed by atoms with Gasteiger partial charge in [-0.25, -0.2) is 4.39 Å². The minimum Gasteiger partial charge on any atom is -0.496 e. The van der Waals surface area contributed by atoms with E-state index in [0.29, 0.717) is 22.7 Å². The number of nitrogens with one attached hydrogen (secondary N) is 1. The molecular formula is C11H12FN3O. The van der Waals surface area contributed by atoms with Crippen LogP contribution in [0.1, 0.15) is 5.56 Å². The summed E-state index contributed by atoms with van der Waals surface area (Å²) in [6, 6.07) is 3.03. The first-order valence-electron chi connectivity index (χ1n) is 4.77. The monoisotopic (exact) mass is 221 g/mol. The first-order valence-corrected chi connectivity index (χ1v) is 4.77. The lowest BCUT2D eigenvalue weighted by molar-refractivity contribution is 0.408. The lowest BCUT2D eigenvalue weighted by atomic mass is 10.0. The third kappa shape index (κ3) is 1.60. The van der Waals surface area contributed by atoms with Gasteiger partial charge in [0.2, 0.25) is 0 Å². The largest absolute Gasteiger partial charge is 0.496 e. The molecule has 0 amide bonds. The number of aryl methyl sites for hydroxylation is 1. The molecule has 84 valence electrons. The molecule has 0 bridgehead atoms. The summed E-state index contributed by atoms with van der Waals surface area (Å²) in [6.07, 6.45) is 1.50. The molecule has 4 nitrogen and oxygen atoms in total. The summed E-state index contributed by atoms with van der Waals surface area (Å²) in [5.74, 6) is 0.488. The lowest BCUT2D eigenvalue weighted by Crippen LogP contribution is -1.94. The molecule has 0 aliphatic rings. The Hall–Kier alpha value is -2.04. The summed E-state index contributed by atoms with van der Waals surface area (Å²) in [7, 11) is 1.51. The minimum absolute atomic E-state index is 0.350. The SMILES string of the molecule is COc1cc(F)c(-c2cn[nH]c2N)cc1C. The summed E-state index contributed by atoms with van der Waals surface area (Å²) in [5.41, 5.74) is 7.47. The number of nitrogens with zero attached hydrogens (tertiary/aromatic N) is 1. The first kappa shape index (κ1) is 10.5. The van der Waals surface area contributed by atoms with E-state index in [2.05, 4.69) is 10.2 Å². The maximum absolute atomic E-state index is 13.8. The molecule has 0 atom stereocenters. The first-order chi connectivity index (χ1) is 7.63. The van der Waals surface area contributed by atoms with Crippen molar-refractivity contribution in [2.75, 3.05) is 12.8 Å². The van der Waals surface area contributed by atoms with E-state index < -0.39 is 0 Å². The molecule has 0 spiro atoms. The van der Waals surface area contributed by atoms with Crippen LogP contribution in [0, 0.1) is 12.7 Å². The lowest BCUT2D eigenvalue weighted by Gasteiger charge is -2.08. The quantitative estimate of drug-likeness (QED) is 0.816. The van der Waals surface area contributed by atoms with Crippen LogP contribution in [0.25, 0.3) is 11.1 Å². The fourth-order valence-electron chi connectivity index (χ4n) is 1.60. The Morgan fingerprint density at radius 1 is 1.38 bits per heavy atom. The van der Waals surface area contributed by atoms with Crippen LogP contribution >= 0.6 is 0 Å². The van der Waals surface area contributed by atoms with Crippen molar-refractivity contribution in [1.82, 2.24) is 10.2 Å². The molecule has 0 aliphatic carbocycles. The fraction of sp³-hybridized carbons (Fsp3) is 0.182. The second-order valence-corrected chi connectivity index (χ2v) is 3.50. The van der Waals surface area contributed by atoms with Crippen molar-refractivity contribution in [2.45, 2.75) is 6.92 Å². The van der Waals surface area contributed by atoms with Crippen molar-refractivity contribution in [3.8, 4) is 16.9 Å². The maximum Gasteiger partial charge on any atom is 0.134 e. The average molecular weight is 221 g/mol. The number of aromatic nitrogens is 2. The molecule has 0 fully saturated rings. The number of nitrogens with two attached hydrogens (primary N) is 1. The van der Waals surface area contributed by atoms with Crippen molar-refractivity contribution < 1.29 is 9.13 Å². The van der Waals surface area contributed by atoms with Gasteiger partial charge in [-0.15, -0.1) is 0 Å². The average Bonchev–Trinajstić information content (AvgIpc) is 2.67. The van der Waals surface area contributed by atoms with Gasteiger partial charge >= 0.3 is 0 Å². The van der Waals surface area contributed by atoms with Crippen LogP contribution in [0.2, 0.25) is 0 Å². The van der Waals surface area contributed by atoms with Crippen LogP contribution in [-0.2, 0) is 0 Å². The Morgan fingerprint density at radius 2 is 2.12 bits per heavy atom. The van der Waals surface area contributed by atoms with E-state index >= 15 is 0 Å². The molecular weight excluding hydrogens is 209 g/mol. The third-order valence-electron chi connectivity index (χ3n) is 2.44. The second kappa shape index (κ2) is 3.84. The van der Waals surface area contributed by atoms with E-state index in [1.165, 1.54) is 19.4 Å². The number of nitrogen functional groups attached to an aromatic ring is 1. The third-order valence-corrected chi connectivity index (χ3v) is 2.44. The Bertz CT molecular complexity index is 522. The van der Waals surface area contributed by atoms with Crippen LogP contribution in [0.4, 0.5) is 10.2 Å². The van der Waals surface area contributed by atoms with E-state index in [4.69, 9.17) is 10.5 Å². The summed E-state index contributed by atoms with van der Waals surface area (Å²) in [5, 5.41) is 6.34. The van der Waals surface area contributed by atoms with Gasteiger partial charge in [0.25, 0.3) is 0 Å². The summed E-state index contributed by atoms with van der Waals surface area (Å²) >= 11 is 0. The summed E-state index contributed by atoms with van der Waals surface area (Å²) in [4.78, 5) is 0. The minimum atomic E-state index is -0.379. The Kier molecular flexibility index (Phi) is 2.52. The van der Waals surface area contributed by atoms with E-state index in [1.54, 1.807) is 6.07 Å². The van der Waals surface area contributed by atoms with Crippen molar-refractivity contribution in [2.24, 2.45) is 0 Å². The Labute approximate surface area is 92.2 Å². The highest BCUT2D eigenvalue weighted by Crippen LogP contribution is 2.31. The van der Waals surface area contributed by atoms with E-state index in [1.807, 2.05) is 6.92 Å². The van der Waals surface area contributed by atoms with Crippen LogP contribution in [0.3, 0.4) is 0 Å². The van der Waals surface area contributed by atoms with E-state index in [9.17, 15) is 4.39 Å². The molecule has 0 saturated carbocycles. The molecule has 5 heteroatoms. The number of methoxy groups -OCH3 is 1. The predicted molar refractivity (Wildman–Crippen MR) is 59.7 cm³/mol. The molecule has 1 aromatic carbocycles. The van der Waals surface area contributed by atoms with Crippen molar-refractivity contribution >= 4 is 5.82 Å². The highest BCUT2D eigenvalue weighted by Gasteiger charge is 2.13. The Balaban J connectivity index is 2.59. The van der Waals surface area contributed by atoms with Crippen LogP contribution in [0.15, 0.2) is 18.3 Å². The predicted octanol–water partition coefficient (Wildman–Crippen LogP) is 2.12. The number of anilines is 1. The topological polar surface area (TPSA) is 63.9 Å². The number of ether oxygens (including phenoxy) is 1. The number of aromatic amines is 1. The van der Waals surface area contributed by atoms with E-state index in [0.717, 1.165) is 5.56 Å². The normalized spacial score (nSPS) is 10.4. The van der Waals surface area contributed by atoms with Gasteiger partial charge in [-0.2, -0.15) is 5.10 Å². The number of halogens is 1. The molecule has 2 aromatic rings. The number of benzene rings is 1. The Morgan fingerprint density at radius 3 is 2.69 bits per heavy atom. The van der Waals surface area contributed by atoms with Crippen molar-refractivity contribution in [3.63, 3.8) is 0 Å². The standard InChI is InChI=1S/C11H12FN3O/c1-6-3-7(8-5-14-15-11(8)13)9(12)4-10(6)16-2/h3-5H,1-2H3,(H3,13,14,15). The smallest absolute Gasteiger partial charge is 0.134 e. The van der Waals surface area contributed by atoms with Gasteiger partial charge < -0.3 is 10.5 Å². The zero-order valence-corrected chi connectivity index (χ0v) is 9.04. The van der Waals surface area contributed by atoms with Gasteiger partial charge in [0, 0.05) is 17.2 Å². The van der Waals surface area contributed by atoms with Crippen molar-refractivity contribution in [3.05, 3.63) is 29.7 Å². The maximum atomic E-state index is 13.8. The van der Waals surface area contributed by atoms with Crippen LogP contribution in [-0.4, -0.2) is 17.3 Å². The number of hydrogen-bond acceptors (Lipinski definition) is 3. The molecule has 0 saturated heterocycles. The van der Waals surface area contributed by atoms with Crippen LogP contribution in [0.5, 0.6) is 5.75 Å². The highest BCUT2D eigenvalue weighted by molar-refractivity contribution is 5.74. The molecule has 2 rings (SSSR count). The van der Waals surface area contributed by atoms with Crippen molar-refractivity contribution in [1.29, 1.82) is 0 Å². The molecule has 1 heterocycles. The fourth-order valence-corrected chi connectivity index (χ4v) is 1.60. The molecule has 0 radical (unpaired) electrons. The second-order valence-electron chi connectivity index (χ2n) is 3.50. The number of H-pyrrole nitrogens is 1. The van der Waals surface area contributed by atoms with Crippen LogP contribution < -0.4 is 10.5 Å². The zero-order chi connectivity index (χ0) is 11.7. The highest BCUT2D eigenvalue weighted by atomic mass is 19.1. The van der Waals surface area contributed by atoms with Gasteiger partial charge in [0.1, 0.15) is 17.4 Å². The summed E-state index contributed by atoms with van der Waals surface area (Å²) < 4.78 is 18.8. The van der Waals surface area contributed by atoms with Gasteiger partial charge in [-0.1, -0.05) is 0 Å². The molecule has 0 unspecified atom stereocenters. The molecule has 3 N–H and O–H groups in total. The zero-order valence-electron chi connectivity index (χ0n) is 9.04. The molecule has 16 heavy (non-hydrogen) atoms. The van der Waals surface area contributed by atoms with Gasteiger partial charge in [0.05, 0.1) is 13.3 Å².